The number of aromatic nitrogens is 2. The highest BCUT2D eigenvalue weighted by atomic mass is 32.2. The number of sulfonamides is 1. The second-order valence-electron chi connectivity index (χ2n) is 6.98. The van der Waals surface area contributed by atoms with Gasteiger partial charge in [-0.15, -0.1) is 0 Å². The molecule has 1 heterocycles. The number of carbonyl (C=O) groups is 1. The van der Waals surface area contributed by atoms with E-state index in [1.165, 1.54) is 45.7 Å². The first-order valence-electron chi connectivity index (χ1n) is 9.61. The van der Waals surface area contributed by atoms with E-state index in [1.807, 2.05) is 0 Å². The van der Waals surface area contributed by atoms with E-state index in [0.717, 1.165) is 10.8 Å². The Kier molecular flexibility index (Phi) is 8.32. The Hall–Kier alpha value is -2.84. The molecule has 0 aliphatic carbocycles. The highest BCUT2D eigenvalue weighted by Gasteiger charge is 2.57. The summed E-state index contributed by atoms with van der Waals surface area (Å²) >= 11 is 0. The highest BCUT2D eigenvalue weighted by Crippen LogP contribution is 2.40. The van der Waals surface area contributed by atoms with Crippen molar-refractivity contribution in [2.75, 3.05) is 27.3 Å². The van der Waals surface area contributed by atoms with Gasteiger partial charge in [-0.25, -0.2) is 18.1 Å². The van der Waals surface area contributed by atoms with E-state index in [2.05, 4.69) is 15.0 Å². The lowest BCUT2D eigenvalue weighted by Crippen LogP contribution is -2.46. The van der Waals surface area contributed by atoms with Crippen LogP contribution < -0.4 is 19.5 Å². The molecule has 3 N–H and O–H groups in total. The predicted molar refractivity (Wildman–Crippen MR) is 110 cm³/mol. The van der Waals surface area contributed by atoms with Gasteiger partial charge in [0, 0.05) is 51.4 Å². The van der Waals surface area contributed by atoms with Crippen LogP contribution in [0.2, 0.25) is 0 Å². The van der Waals surface area contributed by atoms with Crippen LogP contribution in [0.1, 0.15) is 18.7 Å². The Morgan fingerprint density at radius 1 is 1.18 bits per heavy atom. The van der Waals surface area contributed by atoms with Crippen molar-refractivity contribution in [1.29, 1.82) is 0 Å². The summed E-state index contributed by atoms with van der Waals surface area (Å²) in [5.41, 5.74) is -3.26. The van der Waals surface area contributed by atoms with Crippen molar-refractivity contribution < 1.29 is 41.0 Å². The van der Waals surface area contributed by atoms with E-state index in [9.17, 15) is 31.5 Å². The van der Waals surface area contributed by atoms with Crippen molar-refractivity contribution in [3.05, 3.63) is 36.4 Å². The number of ether oxygens (including phenoxy) is 2. The average Bonchev–Trinajstić information content (AvgIpc) is 3.18. The molecule has 33 heavy (non-hydrogen) atoms. The number of aryl methyl sites for hydroxylation is 1. The monoisotopic (exact) mass is 494 g/mol. The van der Waals surface area contributed by atoms with Gasteiger partial charge in [-0.1, -0.05) is 0 Å². The number of hydrogen-bond donors (Lipinski definition) is 3. The molecule has 2 rings (SSSR count). The number of nitrogens with one attached hydrogen (secondary N) is 2. The normalized spacial score (nSPS) is 13.9. The average molecular weight is 494 g/mol. The summed E-state index contributed by atoms with van der Waals surface area (Å²) in [6, 6.07) is 3.94. The lowest BCUT2D eigenvalue weighted by molar-refractivity contribution is -0.272. The van der Waals surface area contributed by atoms with E-state index < -0.39 is 46.5 Å². The lowest BCUT2D eigenvalue weighted by Gasteiger charge is -2.30. The van der Waals surface area contributed by atoms with Gasteiger partial charge < -0.3 is 24.5 Å². The lowest BCUT2D eigenvalue weighted by atomic mass is 9.97. The van der Waals surface area contributed by atoms with Crippen LogP contribution in [0, 0.1) is 0 Å². The van der Waals surface area contributed by atoms with Crippen molar-refractivity contribution in [3.63, 3.8) is 0 Å². The molecule has 2 aromatic rings. The van der Waals surface area contributed by atoms with Gasteiger partial charge >= 0.3 is 6.18 Å². The summed E-state index contributed by atoms with van der Waals surface area (Å²) in [5.74, 6) is -0.774. The molecule has 0 saturated heterocycles. The molecule has 0 radical (unpaired) electrons. The third-order valence-corrected chi connectivity index (χ3v) is 6.24. The van der Waals surface area contributed by atoms with Crippen molar-refractivity contribution in [1.82, 2.24) is 19.6 Å². The molecule has 184 valence electrons. The van der Waals surface area contributed by atoms with Crippen LogP contribution in [0.25, 0.3) is 0 Å². The van der Waals surface area contributed by atoms with Crippen LogP contribution in [-0.4, -0.2) is 62.5 Å². The number of halogens is 3. The maximum absolute atomic E-state index is 13.5. The van der Waals surface area contributed by atoms with E-state index >= 15 is 0 Å². The van der Waals surface area contributed by atoms with Crippen LogP contribution in [-0.2, 0) is 27.5 Å². The minimum absolute atomic E-state index is 0.120. The first kappa shape index (κ1) is 26.4. The van der Waals surface area contributed by atoms with Crippen LogP contribution in [0.15, 0.2) is 35.5 Å². The number of methoxy groups -OCH3 is 2. The van der Waals surface area contributed by atoms with E-state index in [0.29, 0.717) is 5.75 Å². The predicted octanol–water partition coefficient (Wildman–Crippen LogP) is 1.06. The molecule has 10 nitrogen and oxygen atoms in total. The van der Waals surface area contributed by atoms with Crippen LogP contribution in [0.3, 0.4) is 0 Å². The van der Waals surface area contributed by atoms with Gasteiger partial charge in [-0.05, 0) is 12.1 Å². The molecule has 0 aliphatic heterocycles. The van der Waals surface area contributed by atoms with E-state index in [1.54, 1.807) is 0 Å². The number of alkyl halides is 3. The van der Waals surface area contributed by atoms with Gasteiger partial charge in [-0.3, -0.25) is 4.79 Å². The van der Waals surface area contributed by atoms with Crippen LogP contribution >= 0.6 is 0 Å². The fraction of sp³-hybridized carbons (Fsp3) is 0.474. The number of rotatable bonds is 11. The molecular formula is C19H25F3N4O6S. The molecule has 1 unspecified atom stereocenters. The Labute approximate surface area is 188 Å². The second kappa shape index (κ2) is 10.4. The van der Waals surface area contributed by atoms with Gasteiger partial charge in [0.05, 0.1) is 19.1 Å². The van der Waals surface area contributed by atoms with Crippen LogP contribution in [0.5, 0.6) is 11.5 Å². The number of amides is 1. The smallest absolute Gasteiger partial charge is 0.424 e. The minimum atomic E-state index is -5.02. The van der Waals surface area contributed by atoms with E-state index in [-0.39, 0.29) is 23.6 Å². The van der Waals surface area contributed by atoms with E-state index in [4.69, 9.17) is 9.47 Å². The van der Waals surface area contributed by atoms with Crippen molar-refractivity contribution in [3.8, 4) is 11.5 Å². The Morgan fingerprint density at radius 2 is 1.85 bits per heavy atom. The quantitative estimate of drug-likeness (QED) is 0.426. The second-order valence-corrected chi connectivity index (χ2v) is 8.75. The third kappa shape index (κ3) is 6.15. The number of imidazole rings is 1. The van der Waals surface area contributed by atoms with Gasteiger partial charge in [0.2, 0.25) is 21.5 Å². The number of benzene rings is 1. The SMILES string of the molecule is COc1ccc(S(=O)(=O)NCCC(=O)NCCC(O)(c2nccn2C)C(F)(F)F)cc1OC. The number of aliphatic hydroxyl groups is 1. The molecule has 1 aromatic carbocycles. The maximum Gasteiger partial charge on any atom is 0.424 e. The maximum atomic E-state index is 13.5. The van der Waals surface area contributed by atoms with Gasteiger partial charge in [0.1, 0.15) is 5.82 Å². The first-order chi connectivity index (χ1) is 15.4. The van der Waals surface area contributed by atoms with Gasteiger partial charge in [0.15, 0.2) is 11.5 Å². The summed E-state index contributed by atoms with van der Waals surface area (Å²) in [7, 11) is 0.0759. The standard InChI is InChI=1S/C19H25F3N4O6S/c1-26-11-10-24-17(26)18(28,19(20,21)22)7-9-23-16(27)6-8-25-33(29,30)13-4-5-14(31-2)15(12-13)32-3/h4-5,10-12,25,28H,6-9H2,1-3H3,(H,23,27). The summed E-state index contributed by atoms with van der Waals surface area (Å²) in [4.78, 5) is 15.4. The molecule has 1 amide bonds. The van der Waals surface area contributed by atoms with Gasteiger partial charge in [0.25, 0.3) is 0 Å². The molecule has 1 atom stereocenters. The summed E-state index contributed by atoms with van der Waals surface area (Å²) in [6.07, 6.45) is -3.85. The molecular weight excluding hydrogens is 469 g/mol. The number of hydrogen-bond acceptors (Lipinski definition) is 7. The topological polar surface area (TPSA) is 132 Å². The Morgan fingerprint density at radius 3 is 2.39 bits per heavy atom. The summed E-state index contributed by atoms with van der Waals surface area (Å²) in [5, 5.41) is 12.5. The molecule has 0 bridgehead atoms. The molecule has 0 fully saturated rings. The summed E-state index contributed by atoms with van der Waals surface area (Å²) in [6.45, 7) is -0.810. The molecule has 0 aliphatic rings. The fourth-order valence-electron chi connectivity index (χ4n) is 2.98. The van der Waals surface area contributed by atoms with Crippen molar-refractivity contribution in [2.24, 2.45) is 7.05 Å². The first-order valence-corrected chi connectivity index (χ1v) is 11.1. The zero-order chi connectivity index (χ0) is 24.9. The minimum Gasteiger partial charge on any atom is -0.493 e. The molecule has 1 aromatic heterocycles. The van der Waals surface area contributed by atoms with Crippen molar-refractivity contribution in [2.45, 2.75) is 29.5 Å². The zero-order valence-electron chi connectivity index (χ0n) is 18.1. The largest absolute Gasteiger partial charge is 0.493 e. The third-order valence-electron chi connectivity index (χ3n) is 4.78. The van der Waals surface area contributed by atoms with Crippen LogP contribution in [0.4, 0.5) is 13.2 Å². The molecule has 0 saturated carbocycles. The zero-order valence-corrected chi connectivity index (χ0v) is 19.0. The molecule has 0 spiro atoms. The highest BCUT2D eigenvalue weighted by molar-refractivity contribution is 7.89. The number of nitrogens with zero attached hydrogens (tertiary/aromatic N) is 2. The Balaban J connectivity index is 1.91. The number of carbonyl (C=O) groups excluding carboxylic acids is 1. The molecule has 14 heteroatoms. The fourth-order valence-corrected chi connectivity index (χ4v) is 4.03. The Bertz CT molecular complexity index is 1070. The van der Waals surface area contributed by atoms with Crippen molar-refractivity contribution >= 4 is 15.9 Å². The van der Waals surface area contributed by atoms with Gasteiger partial charge in [-0.2, -0.15) is 13.2 Å². The summed E-state index contributed by atoms with van der Waals surface area (Å²) < 4.78 is 78.5.